The molecule has 60 heavy (non-hydrogen) atoms. The molecular formula is C49H66O10Si. The molecule has 3 aromatic rings. The van der Waals surface area contributed by atoms with Crippen molar-refractivity contribution in [2.75, 3.05) is 20.3 Å². The lowest BCUT2D eigenvalue weighted by Crippen LogP contribution is -2.70. The lowest BCUT2D eigenvalue weighted by Gasteiger charge is -2.58. The summed E-state index contributed by atoms with van der Waals surface area (Å²) in [7, 11) is -1.13. The molecule has 8 atom stereocenters. The Morgan fingerprint density at radius 3 is 2.00 bits per heavy atom. The summed E-state index contributed by atoms with van der Waals surface area (Å²) in [5.74, 6) is 1.20. The van der Waals surface area contributed by atoms with E-state index in [1.54, 1.807) is 13.2 Å². The van der Waals surface area contributed by atoms with Crippen LogP contribution in [-0.2, 0) is 61.9 Å². The van der Waals surface area contributed by atoms with Gasteiger partial charge >= 0.3 is 8.56 Å². The van der Waals surface area contributed by atoms with E-state index in [0.717, 1.165) is 22.4 Å². The van der Waals surface area contributed by atoms with E-state index in [1.165, 1.54) is 0 Å². The van der Waals surface area contributed by atoms with Crippen LogP contribution in [0.1, 0.15) is 97.8 Å². The SMILES string of the molecule is COc1ccc(CO[C@H]2C[C@@H](OCc3ccccc3)[C@H](CCOCc3ccccc3)O[C@]2(C)CC2=CC(=O)[C@]3(C)O[C@@H]4CO[Si](C(C)(C)C)(C(C)(C)C)O[C@H]4C[C@H]3O2)cc1. The van der Waals surface area contributed by atoms with Crippen molar-refractivity contribution in [2.45, 2.75) is 159 Å². The number of carbonyl (C=O) groups is 1. The molecule has 0 radical (unpaired) electrons. The smallest absolute Gasteiger partial charge is 0.349 e. The quantitative estimate of drug-likeness (QED) is 0.115. The van der Waals surface area contributed by atoms with Crippen molar-refractivity contribution in [2.24, 2.45) is 0 Å². The van der Waals surface area contributed by atoms with E-state index in [1.807, 2.05) is 67.6 Å². The predicted octanol–water partition coefficient (Wildman–Crippen LogP) is 9.57. The van der Waals surface area contributed by atoms with Gasteiger partial charge in [-0.1, -0.05) is 114 Å². The Labute approximate surface area is 358 Å². The van der Waals surface area contributed by atoms with Gasteiger partial charge < -0.3 is 42.0 Å². The second-order valence-electron chi connectivity index (χ2n) is 19.4. The Bertz CT molecular complexity index is 1890. The van der Waals surface area contributed by atoms with Crippen molar-refractivity contribution in [3.05, 3.63) is 113 Å². The lowest BCUT2D eigenvalue weighted by molar-refractivity contribution is -0.257. The van der Waals surface area contributed by atoms with Gasteiger partial charge in [0.1, 0.15) is 23.7 Å². The van der Waals surface area contributed by atoms with Crippen molar-refractivity contribution in [1.29, 1.82) is 0 Å². The summed E-state index contributed by atoms with van der Waals surface area (Å²) in [5.41, 5.74) is 1.14. The molecule has 7 rings (SSSR count). The number of hydrogen-bond donors (Lipinski definition) is 0. The maximum absolute atomic E-state index is 14.2. The molecule has 0 unspecified atom stereocenters. The molecule has 326 valence electrons. The highest BCUT2D eigenvalue weighted by Gasteiger charge is 2.65. The summed E-state index contributed by atoms with van der Waals surface area (Å²) in [6.07, 6.45) is 1.41. The largest absolute Gasteiger partial charge is 0.497 e. The molecule has 10 nitrogen and oxygen atoms in total. The number of fused-ring (bicyclic) bond motifs is 2. The summed E-state index contributed by atoms with van der Waals surface area (Å²) >= 11 is 0. The second-order valence-corrected chi connectivity index (χ2v) is 24.1. The first kappa shape index (κ1) is 44.7. The van der Waals surface area contributed by atoms with E-state index in [2.05, 4.69) is 72.7 Å². The molecule has 4 heterocycles. The molecule has 3 saturated heterocycles. The van der Waals surface area contributed by atoms with Gasteiger partial charge in [0.2, 0.25) is 0 Å². The maximum atomic E-state index is 14.2. The molecule has 3 aromatic carbocycles. The molecule has 4 aliphatic heterocycles. The van der Waals surface area contributed by atoms with Crippen LogP contribution in [-0.4, -0.2) is 82.5 Å². The van der Waals surface area contributed by atoms with Crippen LogP contribution in [0.3, 0.4) is 0 Å². The molecule has 3 fully saturated rings. The van der Waals surface area contributed by atoms with Gasteiger partial charge in [0, 0.05) is 42.0 Å². The van der Waals surface area contributed by atoms with E-state index < -0.39 is 32.0 Å². The van der Waals surface area contributed by atoms with Gasteiger partial charge in [0.05, 0.1) is 63.6 Å². The second kappa shape index (κ2) is 18.1. The average molecular weight is 843 g/mol. The van der Waals surface area contributed by atoms with Crippen LogP contribution in [0.2, 0.25) is 10.1 Å². The van der Waals surface area contributed by atoms with Gasteiger partial charge in [-0.3, -0.25) is 4.79 Å². The average Bonchev–Trinajstić information content (AvgIpc) is 3.21. The van der Waals surface area contributed by atoms with Gasteiger partial charge in [-0.05, 0) is 49.1 Å². The third-order valence-electron chi connectivity index (χ3n) is 12.8. The van der Waals surface area contributed by atoms with E-state index in [0.29, 0.717) is 64.5 Å². The third kappa shape index (κ3) is 9.64. The van der Waals surface area contributed by atoms with Gasteiger partial charge in [-0.15, -0.1) is 0 Å². The Morgan fingerprint density at radius 2 is 1.37 bits per heavy atom. The minimum atomic E-state index is -2.79. The Hall–Kier alpha value is -3.39. The monoisotopic (exact) mass is 842 g/mol. The highest BCUT2D eigenvalue weighted by molar-refractivity contribution is 6.73. The standard InChI is InChI=1S/C49H66O10Si/c1-46(2,3)60(47(4,5)6)55-33-42-41(59-60)28-45-49(8,58-42)43(50)26-38(56-45)29-48(7)44(54-32-36-20-22-37(51-9)23-21-36)27-40(53-31-35-18-14-11-15-19-35)39(57-48)24-25-52-30-34-16-12-10-13-17-34/h10-23,26,39-42,44-45H,24-25,27-33H2,1-9H3/t39-,40+,41-,42+,44-,45+,48+,49-/m0/s1. The zero-order valence-corrected chi connectivity index (χ0v) is 38.1. The molecule has 11 heteroatoms. The summed E-state index contributed by atoms with van der Waals surface area (Å²) in [6, 6.07) is 28.2. The van der Waals surface area contributed by atoms with Crippen molar-refractivity contribution in [3.63, 3.8) is 0 Å². The number of ketones is 1. The van der Waals surface area contributed by atoms with Crippen molar-refractivity contribution in [1.82, 2.24) is 0 Å². The van der Waals surface area contributed by atoms with Crippen LogP contribution in [0.25, 0.3) is 0 Å². The molecule has 4 aliphatic rings. The van der Waals surface area contributed by atoms with Crippen LogP contribution in [0, 0.1) is 0 Å². The summed E-state index contributed by atoms with van der Waals surface area (Å²) < 4.78 is 59.7. The van der Waals surface area contributed by atoms with Crippen LogP contribution in [0.5, 0.6) is 5.75 Å². The van der Waals surface area contributed by atoms with Gasteiger partial charge in [0.15, 0.2) is 11.4 Å². The highest BCUT2D eigenvalue weighted by Crippen LogP contribution is 2.56. The number of hydrogen-bond acceptors (Lipinski definition) is 10. The summed E-state index contributed by atoms with van der Waals surface area (Å²) in [4.78, 5) is 14.2. The van der Waals surface area contributed by atoms with Crippen molar-refractivity contribution >= 4 is 14.3 Å². The first-order chi connectivity index (χ1) is 28.5. The number of benzene rings is 3. The van der Waals surface area contributed by atoms with E-state index in [9.17, 15) is 4.79 Å². The molecule has 0 N–H and O–H groups in total. The Balaban J connectivity index is 1.13. The first-order valence-corrected chi connectivity index (χ1v) is 23.4. The van der Waals surface area contributed by atoms with Gasteiger partial charge in [0.25, 0.3) is 0 Å². The molecule has 0 bridgehead atoms. The molecular weight excluding hydrogens is 777 g/mol. The molecule has 0 spiro atoms. The Morgan fingerprint density at radius 1 is 0.750 bits per heavy atom. The van der Waals surface area contributed by atoms with Gasteiger partial charge in [-0.2, -0.15) is 0 Å². The van der Waals surface area contributed by atoms with E-state index in [4.69, 9.17) is 42.0 Å². The maximum Gasteiger partial charge on any atom is 0.349 e. The zero-order valence-electron chi connectivity index (χ0n) is 37.1. The van der Waals surface area contributed by atoms with Crippen LogP contribution in [0.4, 0.5) is 0 Å². The summed E-state index contributed by atoms with van der Waals surface area (Å²) in [5, 5.41) is -0.379. The molecule has 0 aromatic heterocycles. The van der Waals surface area contributed by atoms with Crippen molar-refractivity contribution in [3.8, 4) is 5.75 Å². The number of ether oxygens (including phenoxy) is 7. The number of carbonyl (C=O) groups excluding carboxylic acids is 1. The molecule has 0 saturated carbocycles. The molecule has 0 aliphatic carbocycles. The fourth-order valence-corrected chi connectivity index (χ4v) is 14.6. The highest BCUT2D eigenvalue weighted by atomic mass is 28.4. The molecule has 0 amide bonds. The van der Waals surface area contributed by atoms with Crippen molar-refractivity contribution < 1.29 is 46.8 Å². The minimum Gasteiger partial charge on any atom is -0.497 e. The van der Waals surface area contributed by atoms with Crippen LogP contribution < -0.4 is 4.74 Å². The van der Waals surface area contributed by atoms with Crippen LogP contribution in [0.15, 0.2) is 96.8 Å². The van der Waals surface area contributed by atoms with E-state index in [-0.39, 0.29) is 40.3 Å². The Kier molecular flexibility index (Phi) is 13.5. The number of rotatable bonds is 14. The van der Waals surface area contributed by atoms with Crippen LogP contribution >= 0.6 is 0 Å². The lowest BCUT2D eigenvalue weighted by atomic mass is 9.80. The zero-order chi connectivity index (χ0) is 42.8. The predicted molar refractivity (Wildman–Crippen MR) is 232 cm³/mol. The van der Waals surface area contributed by atoms with Gasteiger partial charge in [-0.25, -0.2) is 0 Å². The normalized spacial score (nSPS) is 30.4. The number of methoxy groups -OCH3 is 1. The minimum absolute atomic E-state index is 0.127. The van der Waals surface area contributed by atoms with E-state index >= 15 is 0 Å². The topological polar surface area (TPSA) is 100 Å². The fourth-order valence-electron chi connectivity index (χ4n) is 9.59. The fraction of sp³-hybridized carbons (Fsp3) is 0.571. The first-order valence-electron chi connectivity index (χ1n) is 21.6. The third-order valence-corrected chi connectivity index (χ3v) is 17.9. The summed E-state index contributed by atoms with van der Waals surface area (Å²) in [6.45, 7) is 19.3.